The minimum absolute atomic E-state index is 0.00301. The van der Waals surface area contributed by atoms with Gasteiger partial charge in [-0.25, -0.2) is 9.37 Å². The Kier molecular flexibility index (Phi) is 3.53. The molecule has 1 aliphatic carbocycles. The van der Waals surface area contributed by atoms with E-state index in [-0.39, 0.29) is 5.56 Å². The van der Waals surface area contributed by atoms with E-state index >= 15 is 0 Å². The SMILES string of the molecule is Cc1nc2c(c(Oc3ccc(C#N)c(F)c3)n1)CCCC2. The first-order valence-electron chi connectivity index (χ1n) is 6.91. The van der Waals surface area contributed by atoms with Gasteiger partial charge < -0.3 is 4.74 Å². The van der Waals surface area contributed by atoms with Crippen molar-refractivity contribution in [3.63, 3.8) is 0 Å². The fourth-order valence-electron chi connectivity index (χ4n) is 2.52. The lowest BCUT2D eigenvalue weighted by Gasteiger charge is -2.18. The smallest absolute Gasteiger partial charge is 0.225 e. The Labute approximate surface area is 122 Å². The van der Waals surface area contributed by atoms with Crippen molar-refractivity contribution in [3.8, 4) is 17.7 Å². The molecule has 2 aromatic rings. The van der Waals surface area contributed by atoms with Crippen LogP contribution in [0.4, 0.5) is 4.39 Å². The molecule has 1 aliphatic rings. The standard InChI is InChI=1S/C16H14FN3O/c1-10-19-15-5-3-2-4-13(15)16(20-10)21-12-7-6-11(9-18)14(17)8-12/h6-8H,2-5H2,1H3. The van der Waals surface area contributed by atoms with Crippen LogP contribution in [-0.4, -0.2) is 9.97 Å². The van der Waals surface area contributed by atoms with Gasteiger partial charge in [0.1, 0.15) is 23.5 Å². The fraction of sp³-hybridized carbons (Fsp3) is 0.312. The Morgan fingerprint density at radius 1 is 1.24 bits per heavy atom. The van der Waals surface area contributed by atoms with Crippen molar-refractivity contribution in [2.24, 2.45) is 0 Å². The molecule has 0 amide bonds. The Morgan fingerprint density at radius 2 is 2.05 bits per heavy atom. The third-order valence-corrected chi connectivity index (χ3v) is 3.53. The minimum Gasteiger partial charge on any atom is -0.439 e. The van der Waals surface area contributed by atoms with E-state index in [9.17, 15) is 4.39 Å². The number of ether oxygens (including phenoxy) is 1. The van der Waals surface area contributed by atoms with Gasteiger partial charge in [0, 0.05) is 11.6 Å². The van der Waals surface area contributed by atoms with Gasteiger partial charge in [-0.15, -0.1) is 0 Å². The third kappa shape index (κ3) is 2.70. The van der Waals surface area contributed by atoms with E-state index in [4.69, 9.17) is 10.00 Å². The largest absolute Gasteiger partial charge is 0.439 e. The van der Waals surface area contributed by atoms with Crippen LogP contribution in [0.5, 0.6) is 11.6 Å². The molecule has 4 nitrogen and oxygen atoms in total. The topological polar surface area (TPSA) is 58.8 Å². The summed E-state index contributed by atoms with van der Waals surface area (Å²) >= 11 is 0. The molecular weight excluding hydrogens is 269 g/mol. The molecule has 0 N–H and O–H groups in total. The average Bonchev–Trinajstić information content (AvgIpc) is 2.47. The van der Waals surface area contributed by atoms with E-state index in [1.807, 2.05) is 6.92 Å². The molecule has 0 bridgehead atoms. The summed E-state index contributed by atoms with van der Waals surface area (Å²) in [5, 5.41) is 8.74. The van der Waals surface area contributed by atoms with Gasteiger partial charge >= 0.3 is 0 Å². The number of rotatable bonds is 2. The van der Waals surface area contributed by atoms with Crippen molar-refractivity contribution in [3.05, 3.63) is 46.7 Å². The molecule has 106 valence electrons. The molecule has 0 atom stereocenters. The van der Waals surface area contributed by atoms with Crippen molar-refractivity contribution in [1.29, 1.82) is 5.26 Å². The first-order chi connectivity index (χ1) is 10.2. The van der Waals surface area contributed by atoms with Crippen LogP contribution in [0, 0.1) is 24.1 Å². The number of aryl methyl sites for hydroxylation is 2. The van der Waals surface area contributed by atoms with E-state index in [0.29, 0.717) is 17.5 Å². The predicted molar refractivity (Wildman–Crippen MR) is 74.6 cm³/mol. The molecule has 0 saturated carbocycles. The molecule has 0 aliphatic heterocycles. The van der Waals surface area contributed by atoms with Crippen LogP contribution in [0.15, 0.2) is 18.2 Å². The highest BCUT2D eigenvalue weighted by atomic mass is 19.1. The van der Waals surface area contributed by atoms with Crippen molar-refractivity contribution < 1.29 is 9.13 Å². The number of benzene rings is 1. The van der Waals surface area contributed by atoms with E-state index in [1.54, 1.807) is 12.1 Å². The molecule has 1 aromatic carbocycles. The Bertz CT molecular complexity index is 737. The summed E-state index contributed by atoms with van der Waals surface area (Å²) in [6, 6.07) is 5.99. The Balaban J connectivity index is 1.96. The van der Waals surface area contributed by atoms with Gasteiger partial charge in [0.05, 0.1) is 11.3 Å². The molecule has 0 fully saturated rings. The minimum atomic E-state index is -0.588. The highest BCUT2D eigenvalue weighted by Gasteiger charge is 2.18. The zero-order chi connectivity index (χ0) is 14.8. The van der Waals surface area contributed by atoms with Gasteiger partial charge in [0.2, 0.25) is 5.88 Å². The fourth-order valence-corrected chi connectivity index (χ4v) is 2.52. The summed E-state index contributed by atoms with van der Waals surface area (Å²) in [6.07, 6.45) is 4.01. The average molecular weight is 283 g/mol. The lowest BCUT2D eigenvalue weighted by atomic mass is 9.97. The molecular formula is C16H14FN3O. The second-order valence-corrected chi connectivity index (χ2v) is 5.06. The van der Waals surface area contributed by atoms with Gasteiger partial charge in [-0.3, -0.25) is 0 Å². The number of nitrogens with zero attached hydrogens (tertiary/aromatic N) is 3. The third-order valence-electron chi connectivity index (χ3n) is 3.53. The molecule has 0 spiro atoms. The van der Waals surface area contributed by atoms with Crippen molar-refractivity contribution in [2.45, 2.75) is 32.6 Å². The van der Waals surface area contributed by atoms with E-state index < -0.39 is 5.82 Å². The second-order valence-electron chi connectivity index (χ2n) is 5.06. The quantitative estimate of drug-likeness (QED) is 0.846. The zero-order valence-corrected chi connectivity index (χ0v) is 11.7. The summed E-state index contributed by atoms with van der Waals surface area (Å²) in [5.74, 6) is 0.910. The molecule has 0 radical (unpaired) electrons. The van der Waals surface area contributed by atoms with Gasteiger partial charge in [-0.1, -0.05) is 0 Å². The normalized spacial score (nSPS) is 13.4. The van der Waals surface area contributed by atoms with Crippen LogP contribution < -0.4 is 4.74 Å². The second kappa shape index (κ2) is 5.49. The van der Waals surface area contributed by atoms with Crippen LogP contribution in [0.3, 0.4) is 0 Å². The number of fused-ring (bicyclic) bond motifs is 1. The zero-order valence-electron chi connectivity index (χ0n) is 11.7. The number of nitriles is 1. The first-order valence-corrected chi connectivity index (χ1v) is 6.91. The van der Waals surface area contributed by atoms with Crippen LogP contribution in [-0.2, 0) is 12.8 Å². The maximum atomic E-state index is 13.6. The van der Waals surface area contributed by atoms with Gasteiger partial charge in [0.25, 0.3) is 0 Å². The lowest BCUT2D eigenvalue weighted by molar-refractivity contribution is 0.441. The molecule has 3 rings (SSSR count). The first kappa shape index (κ1) is 13.5. The summed E-state index contributed by atoms with van der Waals surface area (Å²) in [5.41, 5.74) is 2.04. The summed E-state index contributed by atoms with van der Waals surface area (Å²) in [6.45, 7) is 1.82. The predicted octanol–water partition coefficient (Wildman–Crippen LogP) is 3.47. The summed E-state index contributed by atoms with van der Waals surface area (Å²) < 4.78 is 19.4. The lowest BCUT2D eigenvalue weighted by Crippen LogP contribution is -2.10. The van der Waals surface area contributed by atoms with Crippen LogP contribution >= 0.6 is 0 Å². The Morgan fingerprint density at radius 3 is 2.81 bits per heavy atom. The van der Waals surface area contributed by atoms with Gasteiger partial charge in [-0.2, -0.15) is 10.2 Å². The molecule has 5 heteroatoms. The summed E-state index contributed by atoms with van der Waals surface area (Å²) in [7, 11) is 0. The molecule has 0 unspecified atom stereocenters. The molecule has 1 aromatic heterocycles. The van der Waals surface area contributed by atoms with Gasteiger partial charge in [0.15, 0.2) is 0 Å². The van der Waals surface area contributed by atoms with Crippen LogP contribution in [0.1, 0.15) is 35.5 Å². The number of hydrogen-bond donors (Lipinski definition) is 0. The maximum Gasteiger partial charge on any atom is 0.225 e. The maximum absolute atomic E-state index is 13.6. The number of halogens is 1. The molecule has 1 heterocycles. The highest BCUT2D eigenvalue weighted by Crippen LogP contribution is 2.30. The number of aromatic nitrogens is 2. The highest BCUT2D eigenvalue weighted by molar-refractivity contribution is 5.40. The van der Waals surface area contributed by atoms with Crippen LogP contribution in [0.25, 0.3) is 0 Å². The van der Waals surface area contributed by atoms with Crippen molar-refractivity contribution in [1.82, 2.24) is 9.97 Å². The van der Waals surface area contributed by atoms with Crippen molar-refractivity contribution >= 4 is 0 Å². The van der Waals surface area contributed by atoms with E-state index in [0.717, 1.165) is 36.9 Å². The monoisotopic (exact) mass is 283 g/mol. The van der Waals surface area contributed by atoms with Crippen molar-refractivity contribution in [2.75, 3.05) is 0 Å². The van der Waals surface area contributed by atoms with Gasteiger partial charge in [-0.05, 0) is 44.7 Å². The van der Waals surface area contributed by atoms with Crippen LogP contribution in [0.2, 0.25) is 0 Å². The van der Waals surface area contributed by atoms with E-state index in [1.165, 1.54) is 12.1 Å². The van der Waals surface area contributed by atoms with E-state index in [2.05, 4.69) is 9.97 Å². The Hall–Kier alpha value is -2.48. The molecule has 21 heavy (non-hydrogen) atoms. The number of hydrogen-bond acceptors (Lipinski definition) is 4. The molecule has 0 saturated heterocycles. The summed E-state index contributed by atoms with van der Waals surface area (Å²) in [4.78, 5) is 8.79.